The van der Waals surface area contributed by atoms with Gasteiger partial charge in [0, 0.05) is 17.1 Å². The molecule has 3 heterocycles. The van der Waals surface area contributed by atoms with Crippen LogP contribution < -0.4 is 0 Å². The summed E-state index contributed by atoms with van der Waals surface area (Å²) in [5, 5.41) is 17.5. The number of nitrogens with zero attached hydrogens (tertiary/aromatic N) is 3. The minimum absolute atomic E-state index is 0.467. The maximum absolute atomic E-state index is 9.44. The molecule has 5 heteroatoms. The molecule has 0 spiro atoms. The molecule has 0 fully saturated rings. The van der Waals surface area contributed by atoms with E-state index in [0.717, 1.165) is 22.2 Å². The van der Waals surface area contributed by atoms with Crippen molar-refractivity contribution in [3.05, 3.63) is 72.2 Å². The summed E-state index contributed by atoms with van der Waals surface area (Å²) in [6, 6.07) is 17.4. The van der Waals surface area contributed by atoms with Crippen molar-refractivity contribution in [3.63, 3.8) is 0 Å². The molecular formula is C19H12N4O. The predicted molar refractivity (Wildman–Crippen MR) is 91.5 cm³/mol. The van der Waals surface area contributed by atoms with Gasteiger partial charge in [-0.25, -0.2) is 0 Å². The number of aromatic amines is 1. The molecule has 0 unspecified atom stereocenters. The number of hydrogen-bond acceptors (Lipinski definition) is 4. The maximum Gasteiger partial charge on any atom is 0.153 e. The number of hydrogen-bond donors (Lipinski definition) is 1. The fraction of sp³-hybridized carbons (Fsp3) is 0. The molecule has 0 saturated carbocycles. The van der Waals surface area contributed by atoms with Gasteiger partial charge in [-0.15, -0.1) is 0 Å². The van der Waals surface area contributed by atoms with E-state index < -0.39 is 0 Å². The molecule has 0 aliphatic rings. The molecule has 0 aliphatic heterocycles. The van der Waals surface area contributed by atoms with Crippen LogP contribution in [0.2, 0.25) is 0 Å². The lowest BCUT2D eigenvalue weighted by molar-refractivity contribution is 0.628. The van der Waals surface area contributed by atoms with Gasteiger partial charge in [0.1, 0.15) is 17.3 Å². The van der Waals surface area contributed by atoms with Crippen LogP contribution in [0.25, 0.3) is 34.1 Å². The maximum atomic E-state index is 9.44. The van der Waals surface area contributed by atoms with Gasteiger partial charge in [0.15, 0.2) is 5.76 Å². The predicted octanol–water partition coefficient (Wildman–Crippen LogP) is 4.28. The van der Waals surface area contributed by atoms with Crippen molar-refractivity contribution in [3.8, 4) is 17.5 Å². The Kier molecular flexibility index (Phi) is 3.41. The summed E-state index contributed by atoms with van der Waals surface area (Å²) in [5.41, 5.74) is 3.40. The summed E-state index contributed by atoms with van der Waals surface area (Å²) in [6.07, 6.45) is 5.09. The van der Waals surface area contributed by atoms with Gasteiger partial charge >= 0.3 is 0 Å². The van der Waals surface area contributed by atoms with E-state index in [2.05, 4.69) is 21.3 Å². The zero-order valence-corrected chi connectivity index (χ0v) is 12.6. The molecule has 5 nitrogen and oxygen atoms in total. The summed E-state index contributed by atoms with van der Waals surface area (Å²) in [4.78, 5) is 4.22. The third-order valence-corrected chi connectivity index (χ3v) is 3.70. The first-order valence-corrected chi connectivity index (χ1v) is 7.40. The number of H-pyrrole nitrogens is 1. The van der Waals surface area contributed by atoms with E-state index in [1.807, 2.05) is 42.5 Å². The van der Waals surface area contributed by atoms with Gasteiger partial charge in [-0.05, 0) is 30.3 Å². The SMILES string of the molecule is N#CC(=Cc1cn[nH]c1-c1cc2ccccc2o1)c1ccccn1. The van der Waals surface area contributed by atoms with Crippen molar-refractivity contribution in [1.29, 1.82) is 5.26 Å². The summed E-state index contributed by atoms with van der Waals surface area (Å²) in [7, 11) is 0. The van der Waals surface area contributed by atoms with E-state index in [1.165, 1.54) is 0 Å². The quantitative estimate of drug-likeness (QED) is 0.573. The van der Waals surface area contributed by atoms with Crippen LogP contribution in [0.5, 0.6) is 0 Å². The molecule has 24 heavy (non-hydrogen) atoms. The minimum Gasteiger partial charge on any atom is -0.454 e. The summed E-state index contributed by atoms with van der Waals surface area (Å²) in [6.45, 7) is 0. The van der Waals surface area contributed by atoms with Crippen LogP contribution in [0.3, 0.4) is 0 Å². The number of aromatic nitrogens is 3. The Hall–Kier alpha value is -3.65. The number of nitrogens with one attached hydrogen (secondary N) is 1. The normalized spacial score (nSPS) is 11.5. The van der Waals surface area contributed by atoms with Gasteiger partial charge < -0.3 is 4.42 Å². The second-order valence-corrected chi connectivity index (χ2v) is 5.23. The molecule has 4 rings (SSSR count). The molecule has 0 aliphatic carbocycles. The fourth-order valence-electron chi connectivity index (χ4n) is 2.55. The second-order valence-electron chi connectivity index (χ2n) is 5.23. The van der Waals surface area contributed by atoms with Crippen LogP contribution in [0.15, 0.2) is 65.3 Å². The molecule has 1 N–H and O–H groups in total. The third-order valence-electron chi connectivity index (χ3n) is 3.70. The first-order chi connectivity index (χ1) is 11.8. The molecule has 114 valence electrons. The smallest absolute Gasteiger partial charge is 0.153 e. The molecule has 0 amide bonds. The Labute approximate surface area is 137 Å². The number of benzene rings is 1. The highest BCUT2D eigenvalue weighted by Crippen LogP contribution is 2.30. The first-order valence-electron chi connectivity index (χ1n) is 7.40. The molecule has 4 aromatic rings. The highest BCUT2D eigenvalue weighted by Gasteiger charge is 2.13. The number of fused-ring (bicyclic) bond motifs is 1. The van der Waals surface area contributed by atoms with Gasteiger partial charge in [0.05, 0.1) is 17.5 Å². The van der Waals surface area contributed by atoms with Crippen molar-refractivity contribution >= 4 is 22.6 Å². The van der Waals surface area contributed by atoms with Crippen molar-refractivity contribution in [2.75, 3.05) is 0 Å². The Bertz CT molecular complexity index is 1030. The molecule has 3 aromatic heterocycles. The van der Waals surface area contributed by atoms with E-state index >= 15 is 0 Å². The number of pyridine rings is 1. The zero-order valence-electron chi connectivity index (χ0n) is 12.6. The number of allylic oxidation sites excluding steroid dienone is 1. The van der Waals surface area contributed by atoms with Gasteiger partial charge in [0.2, 0.25) is 0 Å². The lowest BCUT2D eigenvalue weighted by Gasteiger charge is -1.98. The number of nitriles is 1. The zero-order chi connectivity index (χ0) is 16.4. The summed E-state index contributed by atoms with van der Waals surface area (Å²) < 4.78 is 5.87. The topological polar surface area (TPSA) is 78.5 Å². The largest absolute Gasteiger partial charge is 0.454 e. The van der Waals surface area contributed by atoms with Crippen LogP contribution in [-0.2, 0) is 0 Å². The van der Waals surface area contributed by atoms with Crippen molar-refractivity contribution in [2.24, 2.45) is 0 Å². The van der Waals surface area contributed by atoms with Gasteiger partial charge in [0.25, 0.3) is 0 Å². The van der Waals surface area contributed by atoms with Crippen LogP contribution in [0.4, 0.5) is 0 Å². The molecule has 0 saturated heterocycles. The molecular weight excluding hydrogens is 300 g/mol. The standard InChI is InChI=1S/C19H12N4O/c20-11-14(16-6-3-4-8-21-16)9-15-12-22-23-19(15)18-10-13-5-1-2-7-17(13)24-18/h1-10,12H,(H,22,23). The Morgan fingerprint density at radius 3 is 2.83 bits per heavy atom. The van der Waals surface area contributed by atoms with Crippen molar-refractivity contribution in [2.45, 2.75) is 0 Å². The Balaban J connectivity index is 1.80. The van der Waals surface area contributed by atoms with Crippen LogP contribution in [0, 0.1) is 11.3 Å². The van der Waals surface area contributed by atoms with E-state index in [9.17, 15) is 5.26 Å². The van der Waals surface area contributed by atoms with Crippen molar-refractivity contribution in [1.82, 2.24) is 15.2 Å². The molecule has 1 aromatic carbocycles. The highest BCUT2D eigenvalue weighted by atomic mass is 16.3. The van der Waals surface area contributed by atoms with Gasteiger partial charge in [-0.1, -0.05) is 24.3 Å². The number of para-hydroxylation sites is 1. The van der Waals surface area contributed by atoms with E-state index in [0.29, 0.717) is 17.0 Å². The Morgan fingerprint density at radius 1 is 1.17 bits per heavy atom. The lowest BCUT2D eigenvalue weighted by atomic mass is 10.1. The van der Waals surface area contributed by atoms with Crippen LogP contribution >= 0.6 is 0 Å². The summed E-state index contributed by atoms with van der Waals surface area (Å²) >= 11 is 0. The van der Waals surface area contributed by atoms with Crippen LogP contribution in [0.1, 0.15) is 11.3 Å². The lowest BCUT2D eigenvalue weighted by Crippen LogP contribution is -1.86. The molecule has 0 bridgehead atoms. The third kappa shape index (κ3) is 2.46. The monoisotopic (exact) mass is 312 g/mol. The second kappa shape index (κ2) is 5.86. The minimum atomic E-state index is 0.467. The van der Waals surface area contributed by atoms with Gasteiger partial charge in [-0.2, -0.15) is 10.4 Å². The van der Waals surface area contributed by atoms with Crippen molar-refractivity contribution < 1.29 is 4.42 Å². The molecule has 0 radical (unpaired) electrons. The Morgan fingerprint density at radius 2 is 2.04 bits per heavy atom. The summed E-state index contributed by atoms with van der Waals surface area (Å²) in [5.74, 6) is 0.679. The number of rotatable bonds is 3. The average molecular weight is 312 g/mol. The first kappa shape index (κ1) is 14.0. The van der Waals surface area contributed by atoms with Gasteiger partial charge in [-0.3, -0.25) is 10.1 Å². The van der Waals surface area contributed by atoms with E-state index in [1.54, 1.807) is 24.5 Å². The van der Waals surface area contributed by atoms with E-state index in [-0.39, 0.29) is 0 Å². The fourth-order valence-corrected chi connectivity index (χ4v) is 2.55. The van der Waals surface area contributed by atoms with E-state index in [4.69, 9.17) is 4.42 Å². The van der Waals surface area contributed by atoms with Crippen LogP contribution in [-0.4, -0.2) is 15.2 Å². The average Bonchev–Trinajstić information content (AvgIpc) is 3.26. The molecule has 0 atom stereocenters. The number of furan rings is 1. The highest BCUT2D eigenvalue weighted by molar-refractivity contribution is 5.91.